The summed E-state index contributed by atoms with van der Waals surface area (Å²) in [4.78, 5) is 12.3. The van der Waals surface area contributed by atoms with Gasteiger partial charge in [0.25, 0.3) is 5.91 Å². The number of carbonyl (C=O) groups excluding carboxylic acids is 1. The fourth-order valence-corrected chi connectivity index (χ4v) is 4.64. The van der Waals surface area contributed by atoms with E-state index < -0.39 is 20.5 Å². The number of hydrogen-bond donors (Lipinski definition) is 3. The summed E-state index contributed by atoms with van der Waals surface area (Å²) in [7, 11) is -2.66. The van der Waals surface area contributed by atoms with Crippen LogP contribution in [0.15, 0.2) is 53.4 Å². The molecule has 1 unspecified atom stereocenters. The molecule has 0 aliphatic carbocycles. The molecule has 178 valence electrons. The maximum absolute atomic E-state index is 13.2. The molecule has 0 spiro atoms. The maximum Gasteiger partial charge on any atom is 0.265 e. The molecule has 0 saturated heterocycles. The van der Waals surface area contributed by atoms with Crippen molar-refractivity contribution in [3.05, 3.63) is 54.1 Å². The van der Waals surface area contributed by atoms with Crippen LogP contribution in [0.3, 0.4) is 0 Å². The molecule has 3 N–H and O–H groups in total. The lowest BCUT2D eigenvalue weighted by Gasteiger charge is -2.27. The van der Waals surface area contributed by atoms with Gasteiger partial charge in [0.15, 0.2) is 14.6 Å². The van der Waals surface area contributed by atoms with Crippen LogP contribution in [0.1, 0.15) is 33.3 Å². The lowest BCUT2D eigenvalue weighted by Crippen LogP contribution is -2.51. The van der Waals surface area contributed by atoms with Crippen LogP contribution in [0.4, 0.5) is 0 Å². The quantitative estimate of drug-likeness (QED) is 0.364. The summed E-state index contributed by atoms with van der Waals surface area (Å²) in [6.07, 6.45) is -0.144. The smallest absolute Gasteiger partial charge is 0.265 e. The molecule has 0 saturated carbocycles. The summed E-state index contributed by atoms with van der Waals surface area (Å²) < 4.78 is 35.0. The summed E-state index contributed by atoms with van der Waals surface area (Å²) in [6, 6.07) is 12.6. The van der Waals surface area contributed by atoms with E-state index in [-0.39, 0.29) is 11.3 Å². The van der Waals surface area contributed by atoms with Gasteiger partial charge in [0.2, 0.25) is 0 Å². The third-order valence-electron chi connectivity index (χ3n) is 4.80. The molecule has 9 heteroatoms. The van der Waals surface area contributed by atoms with Gasteiger partial charge in [-0.15, -0.1) is 0 Å². The van der Waals surface area contributed by atoms with Crippen LogP contribution in [0.25, 0.3) is 0 Å². The summed E-state index contributed by atoms with van der Waals surface area (Å²) in [5, 5.41) is 12.3. The van der Waals surface area contributed by atoms with Crippen molar-refractivity contribution >= 4 is 15.7 Å². The molecule has 0 radical (unpaired) electrons. The topological polar surface area (TPSA) is 114 Å². The van der Waals surface area contributed by atoms with Crippen LogP contribution in [-0.2, 0) is 21.1 Å². The number of ether oxygens (including phenoxy) is 2. The molecular formula is C23H34N2O6S. The van der Waals surface area contributed by atoms with E-state index in [0.29, 0.717) is 23.7 Å². The molecule has 0 aliphatic heterocycles. The maximum atomic E-state index is 13.2. The number of carbonyl (C=O) groups is 1. The van der Waals surface area contributed by atoms with Crippen molar-refractivity contribution in [2.45, 2.75) is 43.8 Å². The largest absolute Gasteiger partial charge is 0.497 e. The van der Waals surface area contributed by atoms with E-state index >= 15 is 0 Å². The second-order valence-corrected chi connectivity index (χ2v) is 9.44. The normalized spacial score (nSPS) is 12.7. The highest BCUT2D eigenvalue weighted by atomic mass is 32.2. The van der Waals surface area contributed by atoms with Crippen molar-refractivity contribution in [1.82, 2.24) is 10.8 Å². The molecule has 32 heavy (non-hydrogen) atoms. The number of sulfone groups is 1. The number of benzene rings is 2. The van der Waals surface area contributed by atoms with Crippen molar-refractivity contribution in [2.75, 3.05) is 26.8 Å². The average molecular weight is 467 g/mol. The van der Waals surface area contributed by atoms with E-state index in [2.05, 4.69) is 19.2 Å². The molecule has 2 rings (SSSR count). The Balaban J connectivity index is 0.000000920. The zero-order valence-electron chi connectivity index (χ0n) is 19.3. The van der Waals surface area contributed by atoms with Crippen molar-refractivity contribution in [1.29, 1.82) is 0 Å². The van der Waals surface area contributed by atoms with Gasteiger partial charge >= 0.3 is 0 Å². The Bertz CT molecular complexity index is 945. The van der Waals surface area contributed by atoms with Gasteiger partial charge in [-0.3, -0.25) is 10.0 Å². The molecule has 8 nitrogen and oxygen atoms in total. The van der Waals surface area contributed by atoms with Gasteiger partial charge in [-0.1, -0.05) is 26.0 Å². The van der Waals surface area contributed by atoms with Gasteiger partial charge in [0.05, 0.1) is 18.6 Å². The van der Waals surface area contributed by atoms with Crippen molar-refractivity contribution in [2.24, 2.45) is 0 Å². The van der Waals surface area contributed by atoms with E-state index in [1.54, 1.807) is 24.3 Å². The van der Waals surface area contributed by atoms with E-state index in [1.165, 1.54) is 43.8 Å². The lowest BCUT2D eigenvalue weighted by atomic mass is 9.99. The first kappa shape index (κ1) is 27.4. The van der Waals surface area contributed by atoms with Crippen LogP contribution >= 0.6 is 0 Å². The van der Waals surface area contributed by atoms with Gasteiger partial charge < -0.3 is 14.8 Å². The standard InChI is InChI=1S/C19H23NO6S.C4H11N/c1-4-26-16-7-5-6-14(12-16)13-19(2,18(21)20-22)27(23,24)17-10-8-15(25-3)9-11-17;1-3-5-4-2/h5-12,22H,4,13H2,1-3H3,(H,20,21);5H,3-4H2,1-2H3. The number of hydroxylamine groups is 1. The minimum absolute atomic E-state index is 0.0460. The van der Waals surface area contributed by atoms with Crippen LogP contribution in [0.5, 0.6) is 11.5 Å². The minimum atomic E-state index is -4.13. The highest BCUT2D eigenvalue weighted by Crippen LogP contribution is 2.31. The Hall–Kier alpha value is -2.62. The van der Waals surface area contributed by atoms with E-state index in [9.17, 15) is 18.4 Å². The Morgan fingerprint density at radius 2 is 1.66 bits per heavy atom. The first-order valence-corrected chi connectivity index (χ1v) is 11.9. The molecule has 0 fully saturated rings. The number of nitrogens with one attached hydrogen (secondary N) is 2. The predicted molar refractivity (Wildman–Crippen MR) is 124 cm³/mol. The summed E-state index contributed by atoms with van der Waals surface area (Å²) in [6.45, 7) is 9.97. The molecule has 0 aromatic heterocycles. The summed E-state index contributed by atoms with van der Waals surface area (Å²) >= 11 is 0. The van der Waals surface area contributed by atoms with Crippen molar-refractivity contribution < 1.29 is 27.9 Å². The molecule has 1 atom stereocenters. The van der Waals surface area contributed by atoms with Gasteiger partial charge in [0.1, 0.15) is 11.5 Å². The van der Waals surface area contributed by atoms with Gasteiger partial charge in [-0.2, -0.15) is 0 Å². The minimum Gasteiger partial charge on any atom is -0.497 e. The molecule has 0 bridgehead atoms. The molecular weight excluding hydrogens is 432 g/mol. The fraction of sp³-hybridized carbons (Fsp3) is 0.435. The van der Waals surface area contributed by atoms with Crippen molar-refractivity contribution in [3.8, 4) is 11.5 Å². The van der Waals surface area contributed by atoms with Gasteiger partial charge in [-0.25, -0.2) is 13.9 Å². The Morgan fingerprint density at radius 3 is 2.12 bits per heavy atom. The highest BCUT2D eigenvalue weighted by molar-refractivity contribution is 7.93. The van der Waals surface area contributed by atoms with E-state index in [4.69, 9.17) is 9.47 Å². The van der Waals surface area contributed by atoms with Crippen LogP contribution in [0, 0.1) is 0 Å². The SMILES string of the molecule is CCNCC.CCOc1cccc(CC(C)(C(=O)NO)S(=O)(=O)c2ccc(OC)cc2)c1. The van der Waals surface area contributed by atoms with Gasteiger partial charge in [0, 0.05) is 6.42 Å². The molecule has 0 aliphatic rings. The second kappa shape index (κ2) is 13.0. The fourth-order valence-electron chi connectivity index (χ4n) is 2.98. The van der Waals surface area contributed by atoms with Crippen LogP contribution < -0.4 is 20.3 Å². The van der Waals surface area contributed by atoms with Crippen molar-refractivity contribution in [3.63, 3.8) is 0 Å². The average Bonchev–Trinajstić information content (AvgIpc) is 2.79. The number of rotatable bonds is 10. The third kappa shape index (κ3) is 6.94. The lowest BCUT2D eigenvalue weighted by molar-refractivity contribution is -0.131. The predicted octanol–water partition coefficient (Wildman–Crippen LogP) is 2.99. The number of amides is 1. The Labute approximate surface area is 190 Å². The van der Waals surface area contributed by atoms with E-state index in [0.717, 1.165) is 13.1 Å². The monoisotopic (exact) mass is 466 g/mol. The van der Waals surface area contributed by atoms with Gasteiger partial charge in [-0.05, 0) is 68.9 Å². The number of methoxy groups -OCH3 is 1. The Kier molecular flexibility index (Phi) is 11.2. The zero-order valence-corrected chi connectivity index (χ0v) is 20.2. The summed E-state index contributed by atoms with van der Waals surface area (Å²) in [5.41, 5.74) is 2.08. The molecule has 2 aromatic rings. The Morgan fingerprint density at radius 1 is 1.03 bits per heavy atom. The first-order valence-electron chi connectivity index (χ1n) is 10.5. The third-order valence-corrected chi connectivity index (χ3v) is 7.20. The molecule has 2 aromatic carbocycles. The molecule has 0 heterocycles. The van der Waals surface area contributed by atoms with Crippen LogP contribution in [0.2, 0.25) is 0 Å². The summed E-state index contributed by atoms with van der Waals surface area (Å²) in [5.74, 6) is 0.0513. The zero-order chi connectivity index (χ0) is 24.2. The first-order chi connectivity index (χ1) is 15.2. The van der Waals surface area contributed by atoms with E-state index in [1.807, 2.05) is 6.92 Å². The van der Waals surface area contributed by atoms with Crippen LogP contribution in [-0.4, -0.2) is 51.1 Å². The molecule has 1 amide bonds. The highest BCUT2D eigenvalue weighted by Gasteiger charge is 2.47. The number of hydrogen-bond acceptors (Lipinski definition) is 7. The second-order valence-electron chi connectivity index (χ2n) is 7.07.